The minimum Gasteiger partial charge on any atom is -0.352 e. The van der Waals surface area contributed by atoms with Gasteiger partial charge in [0.15, 0.2) is 0 Å². The second kappa shape index (κ2) is 7.63. The van der Waals surface area contributed by atoms with Crippen LogP contribution in [-0.4, -0.2) is 42.9 Å². The highest BCUT2D eigenvalue weighted by Gasteiger charge is 2.58. The normalized spacial score (nSPS) is 24.6. The molecule has 2 aliphatic heterocycles. The molecule has 1 aromatic carbocycles. The number of benzene rings is 1. The fraction of sp³-hybridized carbons (Fsp3) is 0.636. The summed E-state index contributed by atoms with van der Waals surface area (Å²) in [6, 6.07) is 8.25. The Balaban J connectivity index is 1.22. The summed E-state index contributed by atoms with van der Waals surface area (Å²) < 4.78 is 0. The highest BCUT2D eigenvalue weighted by atomic mass is 16.2. The van der Waals surface area contributed by atoms with Crippen molar-refractivity contribution in [1.29, 1.82) is 0 Å². The van der Waals surface area contributed by atoms with E-state index >= 15 is 0 Å². The lowest BCUT2D eigenvalue weighted by atomic mass is 9.90. The highest BCUT2D eigenvalue weighted by Crippen LogP contribution is 2.59. The molecule has 2 saturated heterocycles. The zero-order valence-electron chi connectivity index (χ0n) is 16.3. The van der Waals surface area contributed by atoms with Gasteiger partial charge in [-0.2, -0.15) is 0 Å². The predicted octanol–water partition coefficient (Wildman–Crippen LogP) is 2.24. The van der Waals surface area contributed by atoms with E-state index < -0.39 is 0 Å². The molecule has 1 aliphatic carbocycles. The summed E-state index contributed by atoms with van der Waals surface area (Å²) in [5.41, 5.74) is 2.65. The fourth-order valence-electron chi connectivity index (χ4n) is 4.80. The molecule has 4 rings (SSSR count). The van der Waals surface area contributed by atoms with Gasteiger partial charge >= 0.3 is 0 Å². The molecule has 146 valence electrons. The van der Waals surface area contributed by atoms with Gasteiger partial charge in [-0.05, 0) is 63.1 Å². The van der Waals surface area contributed by atoms with Crippen LogP contribution >= 0.6 is 0 Å². The van der Waals surface area contributed by atoms with Gasteiger partial charge in [0.1, 0.15) is 0 Å². The third-order valence-corrected chi connectivity index (χ3v) is 6.85. The lowest BCUT2D eigenvalue weighted by Crippen LogP contribution is -2.44. The van der Waals surface area contributed by atoms with E-state index in [2.05, 4.69) is 41.8 Å². The van der Waals surface area contributed by atoms with E-state index in [4.69, 9.17) is 0 Å². The summed E-state index contributed by atoms with van der Waals surface area (Å²) in [6.45, 7) is 6.20. The third kappa shape index (κ3) is 4.03. The van der Waals surface area contributed by atoms with Crippen LogP contribution in [0.2, 0.25) is 0 Å². The van der Waals surface area contributed by atoms with E-state index in [0.717, 1.165) is 63.8 Å². The van der Waals surface area contributed by atoms with Gasteiger partial charge in [-0.25, -0.2) is 0 Å². The maximum atomic E-state index is 12.9. The van der Waals surface area contributed by atoms with Gasteiger partial charge in [-0.1, -0.05) is 29.8 Å². The number of amides is 2. The van der Waals surface area contributed by atoms with Crippen molar-refractivity contribution in [2.45, 2.75) is 45.6 Å². The van der Waals surface area contributed by atoms with Crippen molar-refractivity contribution in [3.63, 3.8) is 0 Å². The standard InChI is InChI=1S/C22H31N3O2/c1-16-2-4-17(5-3-16)15-24-20(26)18-6-12-25(13-7-18)21(27)19-14-22(19)8-10-23-11-9-22/h2-5,18-19,23H,6-15H2,1H3,(H,24,26). The number of rotatable bonds is 4. The highest BCUT2D eigenvalue weighted by molar-refractivity contribution is 5.83. The van der Waals surface area contributed by atoms with Crippen molar-refractivity contribution in [3.8, 4) is 0 Å². The molecule has 0 aromatic heterocycles. The Morgan fingerprint density at radius 1 is 1.15 bits per heavy atom. The Hall–Kier alpha value is -1.88. The molecule has 3 fully saturated rings. The average Bonchev–Trinajstić information content (AvgIpc) is 3.40. The molecule has 5 nitrogen and oxygen atoms in total. The first-order chi connectivity index (χ1) is 13.1. The van der Waals surface area contributed by atoms with Crippen molar-refractivity contribution in [3.05, 3.63) is 35.4 Å². The molecule has 1 saturated carbocycles. The topological polar surface area (TPSA) is 61.4 Å². The number of hydrogen-bond donors (Lipinski definition) is 2. The van der Waals surface area contributed by atoms with Gasteiger partial charge in [0.05, 0.1) is 0 Å². The zero-order chi connectivity index (χ0) is 18.9. The van der Waals surface area contributed by atoms with Crippen LogP contribution in [0.5, 0.6) is 0 Å². The first kappa shape index (κ1) is 18.5. The molecule has 0 radical (unpaired) electrons. The number of aryl methyl sites for hydroxylation is 1. The van der Waals surface area contributed by atoms with Gasteiger partial charge in [0, 0.05) is 31.5 Å². The molecule has 2 N–H and O–H groups in total. The molecule has 5 heteroatoms. The van der Waals surface area contributed by atoms with Crippen LogP contribution in [0.3, 0.4) is 0 Å². The van der Waals surface area contributed by atoms with E-state index in [1.165, 1.54) is 5.56 Å². The number of nitrogens with zero attached hydrogens (tertiary/aromatic N) is 1. The smallest absolute Gasteiger partial charge is 0.226 e. The SMILES string of the molecule is Cc1ccc(CNC(=O)C2CCN(C(=O)C3CC34CCNCC4)CC2)cc1. The third-order valence-electron chi connectivity index (χ3n) is 6.85. The largest absolute Gasteiger partial charge is 0.352 e. The van der Waals surface area contributed by atoms with Crippen molar-refractivity contribution >= 4 is 11.8 Å². The number of nitrogens with one attached hydrogen (secondary N) is 2. The molecule has 2 amide bonds. The Kier molecular flexibility index (Phi) is 5.22. The molecule has 1 spiro atoms. The quantitative estimate of drug-likeness (QED) is 0.856. The molecule has 1 atom stereocenters. The van der Waals surface area contributed by atoms with E-state index in [9.17, 15) is 9.59 Å². The number of piperidine rings is 2. The van der Waals surface area contributed by atoms with Crippen LogP contribution in [0.25, 0.3) is 0 Å². The molecular weight excluding hydrogens is 338 g/mol. The second-order valence-electron chi connectivity index (χ2n) is 8.67. The summed E-state index contributed by atoms with van der Waals surface area (Å²) in [6.07, 6.45) is 4.92. The molecule has 1 aromatic rings. The number of hydrogen-bond acceptors (Lipinski definition) is 3. The molecule has 0 bridgehead atoms. The predicted molar refractivity (Wildman–Crippen MR) is 105 cm³/mol. The molecule has 1 unspecified atom stereocenters. The first-order valence-electron chi connectivity index (χ1n) is 10.4. The van der Waals surface area contributed by atoms with E-state index in [1.807, 2.05) is 4.90 Å². The Bertz CT molecular complexity index is 686. The summed E-state index contributed by atoms with van der Waals surface area (Å²) in [5.74, 6) is 0.748. The summed E-state index contributed by atoms with van der Waals surface area (Å²) in [4.78, 5) is 27.4. The van der Waals surface area contributed by atoms with E-state index in [0.29, 0.717) is 17.9 Å². The Morgan fingerprint density at radius 2 is 1.81 bits per heavy atom. The maximum absolute atomic E-state index is 12.9. The van der Waals surface area contributed by atoms with Gasteiger partial charge in [0.2, 0.25) is 11.8 Å². The van der Waals surface area contributed by atoms with Gasteiger partial charge < -0.3 is 15.5 Å². The Morgan fingerprint density at radius 3 is 2.48 bits per heavy atom. The minimum atomic E-state index is 0.0338. The lowest BCUT2D eigenvalue weighted by molar-refractivity contribution is -0.137. The van der Waals surface area contributed by atoms with Crippen molar-refractivity contribution < 1.29 is 9.59 Å². The summed E-state index contributed by atoms with van der Waals surface area (Å²) >= 11 is 0. The van der Waals surface area contributed by atoms with Crippen LogP contribution in [-0.2, 0) is 16.1 Å². The van der Waals surface area contributed by atoms with Gasteiger partial charge in [-0.3, -0.25) is 9.59 Å². The van der Waals surface area contributed by atoms with E-state index in [-0.39, 0.29) is 17.7 Å². The first-order valence-corrected chi connectivity index (χ1v) is 10.4. The van der Waals surface area contributed by atoms with Crippen molar-refractivity contribution in [1.82, 2.24) is 15.5 Å². The van der Waals surface area contributed by atoms with Gasteiger partial charge in [0.25, 0.3) is 0 Å². The molecule has 3 aliphatic rings. The van der Waals surface area contributed by atoms with Gasteiger partial charge in [-0.15, -0.1) is 0 Å². The average molecular weight is 370 g/mol. The fourth-order valence-corrected chi connectivity index (χ4v) is 4.80. The van der Waals surface area contributed by atoms with E-state index in [1.54, 1.807) is 0 Å². The van der Waals surface area contributed by atoms with Crippen LogP contribution < -0.4 is 10.6 Å². The van der Waals surface area contributed by atoms with Crippen molar-refractivity contribution in [2.24, 2.45) is 17.3 Å². The van der Waals surface area contributed by atoms with Crippen LogP contribution in [0.4, 0.5) is 0 Å². The minimum absolute atomic E-state index is 0.0338. The Labute approximate surface area is 161 Å². The number of likely N-dealkylation sites (tertiary alicyclic amines) is 1. The summed E-state index contributed by atoms with van der Waals surface area (Å²) in [5, 5.41) is 6.46. The maximum Gasteiger partial charge on any atom is 0.226 e. The monoisotopic (exact) mass is 369 g/mol. The number of carbonyl (C=O) groups is 2. The van der Waals surface area contributed by atoms with Crippen LogP contribution in [0.1, 0.15) is 43.2 Å². The molecular formula is C22H31N3O2. The zero-order valence-corrected chi connectivity index (χ0v) is 16.3. The summed E-state index contributed by atoms with van der Waals surface area (Å²) in [7, 11) is 0. The molecule has 27 heavy (non-hydrogen) atoms. The number of carbonyl (C=O) groups excluding carboxylic acids is 2. The van der Waals surface area contributed by atoms with Crippen molar-refractivity contribution in [2.75, 3.05) is 26.2 Å². The van der Waals surface area contributed by atoms with Crippen LogP contribution in [0, 0.1) is 24.2 Å². The molecule has 2 heterocycles. The second-order valence-corrected chi connectivity index (χ2v) is 8.67. The van der Waals surface area contributed by atoms with Crippen LogP contribution in [0.15, 0.2) is 24.3 Å². The lowest BCUT2D eigenvalue weighted by Gasteiger charge is -2.32.